The second kappa shape index (κ2) is 8.84. The number of carbonyl (C=O) groups excluding carboxylic acids is 1. The molecule has 168 valence electrons. The summed E-state index contributed by atoms with van der Waals surface area (Å²) in [6.45, 7) is -0.385. The average Bonchev–Trinajstić information content (AvgIpc) is 3.26. The minimum absolute atomic E-state index is 0.0226. The fourth-order valence-corrected chi connectivity index (χ4v) is 3.89. The van der Waals surface area contributed by atoms with Crippen LogP contribution in [0.15, 0.2) is 83.3 Å². The van der Waals surface area contributed by atoms with Crippen LogP contribution in [0.5, 0.6) is 5.75 Å². The highest BCUT2D eigenvalue weighted by atomic mass is 35.5. The fourth-order valence-electron chi connectivity index (χ4n) is 3.65. The smallest absolute Gasteiger partial charge is 0.310 e. The number of anilines is 1. The summed E-state index contributed by atoms with van der Waals surface area (Å²) in [5.74, 6) is -0.00888. The number of benzene rings is 4. The van der Waals surface area contributed by atoms with Crippen LogP contribution in [0.25, 0.3) is 33.3 Å². The Labute approximate surface area is 197 Å². The maximum atomic E-state index is 12.3. The zero-order chi connectivity index (χ0) is 23.7. The standard InChI is InChI=1S/C25H16ClN3O5/c26-19-8-4-5-16-17(19)6-3-7-18(16)25-28-20-13-15(11-12-22(20)34-25)27-24(30)14-33-23-10-2-1-9-21(23)29(31)32/h1-13H,14H2,(H,27,30). The van der Waals surface area contributed by atoms with Crippen LogP contribution in [-0.4, -0.2) is 22.4 Å². The zero-order valence-corrected chi connectivity index (χ0v) is 18.3. The molecule has 9 heteroatoms. The lowest BCUT2D eigenvalue weighted by atomic mass is 10.0. The highest BCUT2D eigenvalue weighted by molar-refractivity contribution is 6.35. The van der Waals surface area contributed by atoms with Crippen LogP contribution in [0.3, 0.4) is 0 Å². The molecule has 5 aromatic rings. The molecule has 0 saturated heterocycles. The van der Waals surface area contributed by atoms with E-state index >= 15 is 0 Å². The Morgan fingerprint density at radius 1 is 1.03 bits per heavy atom. The number of aromatic nitrogens is 1. The van der Waals surface area contributed by atoms with E-state index in [-0.39, 0.29) is 18.0 Å². The quantitative estimate of drug-likeness (QED) is 0.231. The second-order valence-electron chi connectivity index (χ2n) is 7.40. The molecule has 0 aliphatic carbocycles. The van der Waals surface area contributed by atoms with Gasteiger partial charge in [-0.15, -0.1) is 0 Å². The third kappa shape index (κ3) is 4.14. The van der Waals surface area contributed by atoms with Gasteiger partial charge in [-0.3, -0.25) is 14.9 Å². The largest absolute Gasteiger partial charge is 0.477 e. The molecular formula is C25H16ClN3O5. The summed E-state index contributed by atoms with van der Waals surface area (Å²) in [6, 6.07) is 22.3. The fraction of sp³-hybridized carbons (Fsp3) is 0.0400. The molecule has 1 aromatic heterocycles. The van der Waals surface area contributed by atoms with Crippen molar-refractivity contribution >= 4 is 50.8 Å². The third-order valence-electron chi connectivity index (χ3n) is 5.19. The van der Waals surface area contributed by atoms with Gasteiger partial charge in [0.2, 0.25) is 5.89 Å². The lowest BCUT2D eigenvalue weighted by Crippen LogP contribution is -2.20. The van der Waals surface area contributed by atoms with Gasteiger partial charge in [0.05, 0.1) is 4.92 Å². The normalized spacial score (nSPS) is 11.0. The van der Waals surface area contributed by atoms with Gasteiger partial charge in [0.1, 0.15) is 5.52 Å². The van der Waals surface area contributed by atoms with Crippen molar-refractivity contribution in [2.24, 2.45) is 0 Å². The number of rotatable bonds is 6. The first-order valence-corrected chi connectivity index (χ1v) is 10.6. The minimum Gasteiger partial charge on any atom is -0.477 e. The molecule has 5 rings (SSSR count). The highest BCUT2D eigenvalue weighted by Gasteiger charge is 2.16. The van der Waals surface area contributed by atoms with Gasteiger partial charge in [0.15, 0.2) is 17.9 Å². The lowest BCUT2D eigenvalue weighted by molar-refractivity contribution is -0.385. The molecule has 34 heavy (non-hydrogen) atoms. The van der Waals surface area contributed by atoms with Crippen LogP contribution in [0.4, 0.5) is 11.4 Å². The van der Waals surface area contributed by atoms with Crippen molar-refractivity contribution in [2.45, 2.75) is 0 Å². The van der Waals surface area contributed by atoms with E-state index in [0.717, 1.165) is 16.3 Å². The number of hydrogen-bond acceptors (Lipinski definition) is 6. The minimum atomic E-state index is -0.562. The van der Waals surface area contributed by atoms with Gasteiger partial charge in [0, 0.05) is 27.7 Å². The predicted molar refractivity (Wildman–Crippen MR) is 129 cm³/mol. The summed E-state index contributed by atoms with van der Waals surface area (Å²) in [5, 5.41) is 16.2. The number of nitro groups is 1. The van der Waals surface area contributed by atoms with Crippen LogP contribution in [0.1, 0.15) is 0 Å². The number of ether oxygens (including phenoxy) is 1. The second-order valence-corrected chi connectivity index (χ2v) is 7.81. The Kier molecular flexibility index (Phi) is 5.57. The van der Waals surface area contributed by atoms with Crippen molar-refractivity contribution < 1.29 is 18.9 Å². The summed E-state index contributed by atoms with van der Waals surface area (Å²) < 4.78 is 11.3. The maximum absolute atomic E-state index is 12.3. The Bertz CT molecular complexity index is 1560. The Morgan fingerprint density at radius 2 is 1.82 bits per heavy atom. The SMILES string of the molecule is O=C(COc1ccccc1[N+](=O)[O-])Nc1ccc2oc(-c3cccc4c(Cl)cccc34)nc2c1. The number of halogens is 1. The summed E-state index contributed by atoms with van der Waals surface area (Å²) in [6.07, 6.45) is 0. The van der Waals surface area contributed by atoms with Gasteiger partial charge in [-0.1, -0.05) is 48.0 Å². The van der Waals surface area contributed by atoms with Crippen molar-refractivity contribution in [3.05, 3.63) is 94.0 Å². The third-order valence-corrected chi connectivity index (χ3v) is 5.52. The van der Waals surface area contributed by atoms with Gasteiger partial charge in [-0.05, 0) is 41.8 Å². The Hall–Kier alpha value is -4.43. The summed E-state index contributed by atoms with van der Waals surface area (Å²) in [5.41, 5.74) is 2.21. The van der Waals surface area contributed by atoms with E-state index in [1.54, 1.807) is 24.3 Å². The predicted octanol–water partition coefficient (Wildman–Crippen LogP) is 6.23. The number of nitro benzene ring substituents is 1. The number of amides is 1. The van der Waals surface area contributed by atoms with Crippen molar-refractivity contribution in [1.29, 1.82) is 0 Å². The zero-order valence-electron chi connectivity index (χ0n) is 17.5. The number of carbonyl (C=O) groups is 1. The van der Waals surface area contributed by atoms with Crippen molar-refractivity contribution in [3.63, 3.8) is 0 Å². The number of nitrogens with one attached hydrogen (secondary N) is 1. The molecule has 0 aliphatic rings. The monoisotopic (exact) mass is 473 g/mol. The molecule has 0 atom stereocenters. The maximum Gasteiger partial charge on any atom is 0.310 e. The van der Waals surface area contributed by atoms with Crippen LogP contribution in [0.2, 0.25) is 5.02 Å². The Morgan fingerprint density at radius 3 is 2.68 bits per heavy atom. The first kappa shape index (κ1) is 21.4. The van der Waals surface area contributed by atoms with Gasteiger partial charge >= 0.3 is 5.69 Å². The molecule has 0 radical (unpaired) electrons. The first-order valence-electron chi connectivity index (χ1n) is 10.2. The number of para-hydroxylation sites is 2. The number of nitrogens with zero attached hydrogens (tertiary/aromatic N) is 2. The van der Waals surface area contributed by atoms with Crippen LogP contribution in [-0.2, 0) is 4.79 Å². The molecule has 0 bridgehead atoms. The van der Waals surface area contributed by atoms with E-state index in [1.165, 1.54) is 18.2 Å². The number of oxazole rings is 1. The van der Waals surface area contributed by atoms with Gasteiger partial charge in [-0.2, -0.15) is 0 Å². The summed E-state index contributed by atoms with van der Waals surface area (Å²) in [4.78, 5) is 27.4. The topological polar surface area (TPSA) is 108 Å². The molecule has 0 aliphatic heterocycles. The molecule has 0 spiro atoms. The number of hydrogen-bond donors (Lipinski definition) is 1. The first-order chi connectivity index (χ1) is 16.5. The Balaban J connectivity index is 1.35. The molecule has 0 saturated carbocycles. The van der Waals surface area contributed by atoms with E-state index in [4.69, 9.17) is 20.8 Å². The van der Waals surface area contributed by atoms with E-state index < -0.39 is 10.8 Å². The highest BCUT2D eigenvalue weighted by Crippen LogP contribution is 2.34. The van der Waals surface area contributed by atoms with E-state index in [9.17, 15) is 14.9 Å². The van der Waals surface area contributed by atoms with E-state index in [0.29, 0.717) is 27.7 Å². The van der Waals surface area contributed by atoms with E-state index in [2.05, 4.69) is 10.3 Å². The van der Waals surface area contributed by atoms with Gasteiger partial charge < -0.3 is 14.5 Å². The van der Waals surface area contributed by atoms with Crippen molar-refractivity contribution in [2.75, 3.05) is 11.9 Å². The number of fused-ring (bicyclic) bond motifs is 2. The molecule has 1 N–H and O–H groups in total. The molecule has 8 nitrogen and oxygen atoms in total. The van der Waals surface area contributed by atoms with Crippen LogP contribution < -0.4 is 10.1 Å². The summed E-state index contributed by atoms with van der Waals surface area (Å²) in [7, 11) is 0. The van der Waals surface area contributed by atoms with Gasteiger partial charge in [-0.25, -0.2) is 4.98 Å². The van der Waals surface area contributed by atoms with Crippen molar-refractivity contribution in [1.82, 2.24) is 4.98 Å². The molecule has 1 heterocycles. The summed E-state index contributed by atoms with van der Waals surface area (Å²) >= 11 is 6.32. The van der Waals surface area contributed by atoms with E-state index in [1.807, 2.05) is 36.4 Å². The lowest BCUT2D eigenvalue weighted by Gasteiger charge is -2.07. The molecule has 4 aromatic carbocycles. The average molecular weight is 474 g/mol. The van der Waals surface area contributed by atoms with Crippen LogP contribution >= 0.6 is 11.6 Å². The molecule has 0 fully saturated rings. The molecular weight excluding hydrogens is 458 g/mol. The van der Waals surface area contributed by atoms with Crippen LogP contribution in [0, 0.1) is 10.1 Å². The molecule has 1 amide bonds. The molecule has 0 unspecified atom stereocenters. The van der Waals surface area contributed by atoms with Crippen molar-refractivity contribution in [3.8, 4) is 17.2 Å². The van der Waals surface area contributed by atoms with Gasteiger partial charge in [0.25, 0.3) is 5.91 Å².